The molecule has 0 radical (unpaired) electrons. The van der Waals surface area contributed by atoms with Crippen molar-refractivity contribution < 1.29 is 23.7 Å². The summed E-state index contributed by atoms with van der Waals surface area (Å²) in [6, 6.07) is 12.8. The maximum absolute atomic E-state index is 13.0. The lowest BCUT2D eigenvalue weighted by atomic mass is 9.96. The van der Waals surface area contributed by atoms with Gasteiger partial charge in [-0.1, -0.05) is 12.1 Å². The maximum Gasteiger partial charge on any atom is 0.251 e. The highest BCUT2D eigenvalue weighted by Gasteiger charge is 2.41. The van der Waals surface area contributed by atoms with Gasteiger partial charge in [-0.3, -0.25) is 9.69 Å². The summed E-state index contributed by atoms with van der Waals surface area (Å²) in [6.07, 6.45) is 4.28. The van der Waals surface area contributed by atoms with Gasteiger partial charge in [0.2, 0.25) is 5.75 Å². The van der Waals surface area contributed by atoms with Crippen molar-refractivity contribution in [2.24, 2.45) is 0 Å². The monoisotopic (exact) mass is 440 g/mol. The number of carbonyl (C=O) groups excluding carboxylic acids is 1. The van der Waals surface area contributed by atoms with E-state index < -0.39 is 0 Å². The molecule has 7 heteroatoms. The first-order chi connectivity index (χ1) is 15.6. The minimum atomic E-state index is -0.114. The predicted molar refractivity (Wildman–Crippen MR) is 122 cm³/mol. The molecule has 0 unspecified atom stereocenters. The quantitative estimate of drug-likeness (QED) is 0.676. The van der Waals surface area contributed by atoms with Crippen LogP contribution in [-0.4, -0.2) is 57.4 Å². The van der Waals surface area contributed by atoms with Gasteiger partial charge in [-0.25, -0.2) is 0 Å². The standard InChI is InChI=1S/C25H32N2O5/c1-29-21-9-5-16(6-10-21)15-27-19-7-8-20(27)14-18(13-19)26-25(28)17-11-22(30-2)24(32-4)23(12-17)31-3/h5-6,9-12,18-20H,7-8,13-15H2,1-4H3,(H,26,28)/t19-,20-/m1/s1. The first-order valence-electron chi connectivity index (χ1n) is 11.1. The zero-order chi connectivity index (χ0) is 22.7. The maximum atomic E-state index is 13.0. The van der Waals surface area contributed by atoms with Gasteiger partial charge < -0.3 is 24.3 Å². The van der Waals surface area contributed by atoms with E-state index in [0.717, 1.165) is 25.1 Å². The number of nitrogens with zero attached hydrogens (tertiary/aromatic N) is 1. The molecule has 7 nitrogen and oxygen atoms in total. The highest BCUT2D eigenvalue weighted by molar-refractivity contribution is 5.95. The van der Waals surface area contributed by atoms with E-state index in [2.05, 4.69) is 22.3 Å². The van der Waals surface area contributed by atoms with Crippen LogP contribution >= 0.6 is 0 Å². The minimum absolute atomic E-state index is 0.114. The van der Waals surface area contributed by atoms with Crippen molar-refractivity contribution in [2.75, 3.05) is 28.4 Å². The van der Waals surface area contributed by atoms with E-state index in [1.165, 1.54) is 18.4 Å². The Balaban J connectivity index is 1.41. The summed E-state index contributed by atoms with van der Waals surface area (Å²) in [5.41, 5.74) is 1.80. The van der Waals surface area contributed by atoms with Crippen LogP contribution in [0.25, 0.3) is 0 Å². The fourth-order valence-electron chi connectivity index (χ4n) is 5.07. The van der Waals surface area contributed by atoms with Gasteiger partial charge in [0.1, 0.15) is 5.75 Å². The van der Waals surface area contributed by atoms with Crippen LogP contribution in [0.2, 0.25) is 0 Å². The van der Waals surface area contributed by atoms with E-state index in [0.29, 0.717) is 34.9 Å². The SMILES string of the molecule is COc1ccc(CN2[C@@H]3CC[C@@H]2CC(NC(=O)c2cc(OC)c(OC)c(OC)c2)C3)cc1. The van der Waals surface area contributed by atoms with Gasteiger partial charge in [-0.15, -0.1) is 0 Å². The number of benzene rings is 2. The van der Waals surface area contributed by atoms with E-state index in [1.807, 2.05) is 12.1 Å². The Bertz CT molecular complexity index is 907. The van der Waals surface area contributed by atoms with E-state index >= 15 is 0 Å². The number of amides is 1. The lowest BCUT2D eigenvalue weighted by Crippen LogP contribution is -2.50. The zero-order valence-electron chi connectivity index (χ0n) is 19.2. The number of piperidine rings is 1. The second-order valence-corrected chi connectivity index (χ2v) is 8.46. The highest BCUT2D eigenvalue weighted by atomic mass is 16.5. The third-order valence-electron chi connectivity index (χ3n) is 6.67. The number of rotatable bonds is 8. The van der Waals surface area contributed by atoms with Crippen LogP contribution in [0, 0.1) is 0 Å². The van der Waals surface area contributed by atoms with Crippen molar-refractivity contribution in [3.05, 3.63) is 47.5 Å². The molecule has 2 aliphatic rings. The van der Waals surface area contributed by atoms with Crippen molar-refractivity contribution in [2.45, 2.75) is 50.4 Å². The van der Waals surface area contributed by atoms with Gasteiger partial charge in [-0.05, 0) is 55.5 Å². The number of ether oxygens (including phenoxy) is 4. The molecule has 2 fully saturated rings. The third kappa shape index (κ3) is 4.48. The van der Waals surface area contributed by atoms with Gasteiger partial charge in [0.25, 0.3) is 5.91 Å². The Morgan fingerprint density at radius 3 is 2.00 bits per heavy atom. The zero-order valence-corrected chi connectivity index (χ0v) is 19.2. The van der Waals surface area contributed by atoms with Crippen LogP contribution in [-0.2, 0) is 6.54 Å². The molecule has 172 valence electrons. The summed E-state index contributed by atoms with van der Waals surface area (Å²) in [7, 11) is 6.34. The molecule has 1 amide bonds. The number of hydrogen-bond acceptors (Lipinski definition) is 6. The Morgan fingerprint density at radius 2 is 1.50 bits per heavy atom. The molecule has 4 rings (SSSR count). The molecule has 2 atom stereocenters. The molecule has 2 aromatic rings. The Labute approximate surface area is 189 Å². The van der Waals surface area contributed by atoms with E-state index in [1.54, 1.807) is 40.6 Å². The second kappa shape index (κ2) is 9.69. The topological polar surface area (TPSA) is 69.3 Å². The summed E-state index contributed by atoms with van der Waals surface area (Å²) >= 11 is 0. The van der Waals surface area contributed by atoms with Gasteiger partial charge in [0, 0.05) is 30.2 Å². The molecule has 2 saturated heterocycles. The van der Waals surface area contributed by atoms with Crippen LogP contribution < -0.4 is 24.3 Å². The van der Waals surface area contributed by atoms with Crippen molar-refractivity contribution >= 4 is 5.91 Å². The predicted octanol–water partition coefficient (Wildman–Crippen LogP) is 3.65. The normalized spacial score (nSPS) is 22.3. The number of nitrogens with one attached hydrogen (secondary N) is 1. The first kappa shape index (κ1) is 22.3. The number of carbonyl (C=O) groups is 1. The summed E-state index contributed by atoms with van der Waals surface area (Å²) < 4.78 is 21.4. The molecule has 0 aliphatic carbocycles. The summed E-state index contributed by atoms with van der Waals surface area (Å²) in [6.45, 7) is 0.937. The van der Waals surface area contributed by atoms with E-state index in [-0.39, 0.29) is 11.9 Å². The number of methoxy groups -OCH3 is 4. The smallest absolute Gasteiger partial charge is 0.251 e. The largest absolute Gasteiger partial charge is 0.497 e. The Morgan fingerprint density at radius 1 is 0.906 bits per heavy atom. The summed E-state index contributed by atoms with van der Waals surface area (Å²) in [4.78, 5) is 15.6. The Hall–Kier alpha value is -2.93. The second-order valence-electron chi connectivity index (χ2n) is 8.46. The number of fused-ring (bicyclic) bond motifs is 2. The minimum Gasteiger partial charge on any atom is -0.497 e. The fraction of sp³-hybridized carbons (Fsp3) is 0.480. The molecule has 1 N–H and O–H groups in total. The molecule has 2 aliphatic heterocycles. The molecule has 0 aromatic heterocycles. The average Bonchev–Trinajstić information content (AvgIpc) is 3.05. The van der Waals surface area contributed by atoms with Gasteiger partial charge >= 0.3 is 0 Å². The fourth-order valence-corrected chi connectivity index (χ4v) is 5.07. The first-order valence-corrected chi connectivity index (χ1v) is 11.1. The molecule has 0 saturated carbocycles. The van der Waals surface area contributed by atoms with Crippen molar-refractivity contribution in [3.8, 4) is 23.0 Å². The van der Waals surface area contributed by atoms with Crippen LogP contribution in [0.3, 0.4) is 0 Å². The highest BCUT2D eigenvalue weighted by Crippen LogP contribution is 2.39. The van der Waals surface area contributed by atoms with Crippen LogP contribution in [0.5, 0.6) is 23.0 Å². The van der Waals surface area contributed by atoms with Gasteiger partial charge in [0.15, 0.2) is 11.5 Å². The van der Waals surface area contributed by atoms with Gasteiger partial charge in [-0.2, -0.15) is 0 Å². The lowest BCUT2D eigenvalue weighted by Gasteiger charge is -2.39. The van der Waals surface area contributed by atoms with Crippen LogP contribution in [0.4, 0.5) is 0 Å². The van der Waals surface area contributed by atoms with E-state index in [4.69, 9.17) is 18.9 Å². The molecular weight excluding hydrogens is 408 g/mol. The van der Waals surface area contributed by atoms with Crippen molar-refractivity contribution in [1.82, 2.24) is 10.2 Å². The molecule has 0 spiro atoms. The van der Waals surface area contributed by atoms with Gasteiger partial charge in [0.05, 0.1) is 28.4 Å². The molecular formula is C25H32N2O5. The van der Waals surface area contributed by atoms with Crippen molar-refractivity contribution in [3.63, 3.8) is 0 Å². The third-order valence-corrected chi connectivity index (χ3v) is 6.67. The molecule has 32 heavy (non-hydrogen) atoms. The number of hydrogen-bond donors (Lipinski definition) is 1. The summed E-state index contributed by atoms with van der Waals surface area (Å²) in [5, 5.41) is 3.24. The lowest BCUT2D eigenvalue weighted by molar-refractivity contribution is 0.0827. The van der Waals surface area contributed by atoms with Crippen molar-refractivity contribution in [1.29, 1.82) is 0 Å². The van der Waals surface area contributed by atoms with Crippen LogP contribution in [0.15, 0.2) is 36.4 Å². The summed E-state index contributed by atoms with van der Waals surface area (Å²) in [5.74, 6) is 2.20. The van der Waals surface area contributed by atoms with Crippen LogP contribution in [0.1, 0.15) is 41.6 Å². The average molecular weight is 441 g/mol. The van der Waals surface area contributed by atoms with E-state index in [9.17, 15) is 4.79 Å². The Kier molecular flexibility index (Phi) is 6.74. The molecule has 2 bridgehead atoms. The molecule has 2 heterocycles. The molecule has 2 aromatic carbocycles.